The van der Waals surface area contributed by atoms with E-state index in [1.165, 1.54) is 35.7 Å². The molecular weight excluding hydrogens is 272 g/mol. The molecule has 0 heterocycles. The van der Waals surface area contributed by atoms with Crippen molar-refractivity contribution in [2.24, 2.45) is 5.41 Å². The molecule has 0 N–H and O–H groups in total. The lowest BCUT2D eigenvalue weighted by Gasteiger charge is -2.35. The molecule has 0 bridgehead atoms. The molecule has 0 saturated carbocycles. The Morgan fingerprint density at radius 2 is 1.76 bits per heavy atom. The average molecular weight is 297 g/mol. The lowest BCUT2D eigenvalue weighted by atomic mass is 9.70. The molecule has 1 aromatic rings. The molecule has 0 amide bonds. The fraction of sp³-hybridized carbons (Fsp3) is 0.625. The van der Waals surface area contributed by atoms with Gasteiger partial charge in [0.15, 0.2) is 0 Å². The molecule has 0 aromatic heterocycles. The van der Waals surface area contributed by atoms with Gasteiger partial charge in [-0.15, -0.1) is 0 Å². The summed E-state index contributed by atoms with van der Waals surface area (Å²) in [5.74, 6) is 0.632. The van der Waals surface area contributed by atoms with E-state index in [9.17, 15) is 0 Å². The lowest BCUT2D eigenvalue weighted by molar-refractivity contribution is 0.226. The van der Waals surface area contributed by atoms with Crippen molar-refractivity contribution in [2.75, 3.05) is 0 Å². The van der Waals surface area contributed by atoms with E-state index >= 15 is 0 Å². The highest BCUT2D eigenvalue weighted by Crippen LogP contribution is 2.42. The second-order valence-corrected chi connectivity index (χ2v) is 6.30. The molecule has 1 rings (SSSR count). The Labute approximate surface area is 115 Å². The van der Waals surface area contributed by atoms with E-state index in [2.05, 4.69) is 67.9 Å². The Morgan fingerprint density at radius 3 is 2.24 bits per heavy atom. The van der Waals surface area contributed by atoms with Crippen molar-refractivity contribution in [1.82, 2.24) is 0 Å². The third kappa shape index (κ3) is 3.84. The van der Waals surface area contributed by atoms with Crippen LogP contribution in [0.4, 0.5) is 0 Å². The maximum absolute atomic E-state index is 3.50. The summed E-state index contributed by atoms with van der Waals surface area (Å²) in [6.45, 7) is 9.42. The summed E-state index contributed by atoms with van der Waals surface area (Å²) in [5, 5.41) is 0. The van der Waals surface area contributed by atoms with E-state index < -0.39 is 0 Å². The molecule has 1 heteroatoms. The Balaban J connectivity index is 2.84. The van der Waals surface area contributed by atoms with E-state index in [1.807, 2.05) is 0 Å². The van der Waals surface area contributed by atoms with Crippen molar-refractivity contribution in [2.45, 2.75) is 59.3 Å². The van der Waals surface area contributed by atoms with Crippen LogP contribution in [0.2, 0.25) is 0 Å². The number of rotatable bonds is 6. The van der Waals surface area contributed by atoms with Gasteiger partial charge in [0.2, 0.25) is 0 Å². The molecule has 2 atom stereocenters. The maximum atomic E-state index is 3.50. The van der Waals surface area contributed by atoms with Gasteiger partial charge in [0.1, 0.15) is 0 Å². The summed E-state index contributed by atoms with van der Waals surface area (Å²) >= 11 is 3.50. The summed E-state index contributed by atoms with van der Waals surface area (Å²) in [6.07, 6.45) is 5.22. The quantitative estimate of drug-likeness (QED) is 0.590. The molecule has 0 saturated heterocycles. The second-order valence-electron chi connectivity index (χ2n) is 5.38. The number of unbranched alkanes of at least 4 members (excludes halogenated alkanes) is 1. The van der Waals surface area contributed by atoms with Crippen LogP contribution in [0.25, 0.3) is 0 Å². The van der Waals surface area contributed by atoms with Gasteiger partial charge in [-0.25, -0.2) is 0 Å². The van der Waals surface area contributed by atoms with E-state index in [0.717, 1.165) is 0 Å². The molecule has 0 aliphatic rings. The predicted octanol–water partition coefficient (Wildman–Crippen LogP) is 6.16. The van der Waals surface area contributed by atoms with Crippen LogP contribution in [0.1, 0.15) is 64.9 Å². The van der Waals surface area contributed by atoms with Crippen molar-refractivity contribution >= 4 is 15.9 Å². The first-order valence-electron chi connectivity index (χ1n) is 6.79. The predicted molar refractivity (Wildman–Crippen MR) is 80.5 cm³/mol. The first-order chi connectivity index (χ1) is 8.03. The summed E-state index contributed by atoms with van der Waals surface area (Å²) in [6, 6.07) is 8.83. The van der Waals surface area contributed by atoms with Gasteiger partial charge in [0, 0.05) is 4.47 Å². The molecule has 2 unspecified atom stereocenters. The topological polar surface area (TPSA) is 0 Å². The molecule has 0 fully saturated rings. The van der Waals surface area contributed by atoms with Crippen molar-refractivity contribution in [1.29, 1.82) is 0 Å². The van der Waals surface area contributed by atoms with Gasteiger partial charge in [-0.1, -0.05) is 75.0 Å². The third-order valence-corrected chi connectivity index (χ3v) is 4.85. The van der Waals surface area contributed by atoms with E-state index in [4.69, 9.17) is 0 Å². The van der Waals surface area contributed by atoms with Gasteiger partial charge in [0.25, 0.3) is 0 Å². The van der Waals surface area contributed by atoms with Gasteiger partial charge >= 0.3 is 0 Å². The first kappa shape index (κ1) is 14.8. The largest absolute Gasteiger partial charge is 0.0654 e. The highest BCUT2D eigenvalue weighted by atomic mass is 79.9. The molecule has 17 heavy (non-hydrogen) atoms. The van der Waals surface area contributed by atoms with Crippen LogP contribution in [0.5, 0.6) is 0 Å². The van der Waals surface area contributed by atoms with Gasteiger partial charge in [0.05, 0.1) is 0 Å². The first-order valence-corrected chi connectivity index (χ1v) is 7.58. The molecule has 0 spiro atoms. The maximum Gasteiger partial charge on any atom is 0.0175 e. The van der Waals surface area contributed by atoms with Crippen LogP contribution >= 0.6 is 15.9 Å². The van der Waals surface area contributed by atoms with Crippen molar-refractivity contribution < 1.29 is 0 Å². The fourth-order valence-electron chi connectivity index (χ4n) is 2.43. The number of hydrogen-bond acceptors (Lipinski definition) is 0. The van der Waals surface area contributed by atoms with Crippen LogP contribution < -0.4 is 0 Å². The molecule has 1 aromatic carbocycles. The van der Waals surface area contributed by atoms with E-state index in [-0.39, 0.29) is 0 Å². The molecule has 96 valence electrons. The molecule has 0 aliphatic heterocycles. The SMILES string of the molecule is CCCCC(C)(CC)C(C)c1ccc(Br)cc1. The zero-order valence-electron chi connectivity index (χ0n) is 11.6. The third-order valence-electron chi connectivity index (χ3n) is 4.32. The van der Waals surface area contributed by atoms with Crippen molar-refractivity contribution in [3.8, 4) is 0 Å². The van der Waals surface area contributed by atoms with Crippen LogP contribution in [-0.2, 0) is 0 Å². The second kappa shape index (κ2) is 6.58. The molecular formula is C16H25Br. The Bertz CT molecular complexity index is 328. The van der Waals surface area contributed by atoms with Gasteiger partial charge in [-0.2, -0.15) is 0 Å². The Kier molecular flexibility index (Phi) is 5.72. The van der Waals surface area contributed by atoms with E-state index in [0.29, 0.717) is 11.3 Å². The van der Waals surface area contributed by atoms with Crippen LogP contribution in [0.3, 0.4) is 0 Å². The highest BCUT2D eigenvalue weighted by molar-refractivity contribution is 9.10. The lowest BCUT2D eigenvalue weighted by Crippen LogP contribution is -2.23. The Morgan fingerprint density at radius 1 is 1.18 bits per heavy atom. The smallest absolute Gasteiger partial charge is 0.0175 e. The number of hydrogen-bond donors (Lipinski definition) is 0. The minimum absolute atomic E-state index is 0.434. The molecule has 0 radical (unpaired) electrons. The number of halogens is 1. The zero-order chi connectivity index (χ0) is 12.9. The van der Waals surface area contributed by atoms with Crippen molar-refractivity contribution in [3.05, 3.63) is 34.3 Å². The summed E-state index contributed by atoms with van der Waals surface area (Å²) in [7, 11) is 0. The minimum atomic E-state index is 0.434. The molecule has 0 nitrogen and oxygen atoms in total. The standard InChI is InChI=1S/C16H25Br/c1-5-7-12-16(4,6-2)13(3)14-8-10-15(17)11-9-14/h8-11,13H,5-7,12H2,1-4H3. The monoisotopic (exact) mass is 296 g/mol. The van der Waals surface area contributed by atoms with Crippen molar-refractivity contribution in [3.63, 3.8) is 0 Å². The summed E-state index contributed by atoms with van der Waals surface area (Å²) in [4.78, 5) is 0. The van der Waals surface area contributed by atoms with Crippen LogP contribution in [-0.4, -0.2) is 0 Å². The van der Waals surface area contributed by atoms with Gasteiger partial charge < -0.3 is 0 Å². The molecule has 0 aliphatic carbocycles. The summed E-state index contributed by atoms with van der Waals surface area (Å²) in [5.41, 5.74) is 1.90. The van der Waals surface area contributed by atoms with Crippen LogP contribution in [0.15, 0.2) is 28.7 Å². The fourth-order valence-corrected chi connectivity index (χ4v) is 2.70. The Hall–Kier alpha value is -0.300. The highest BCUT2D eigenvalue weighted by Gasteiger charge is 2.29. The van der Waals surface area contributed by atoms with Gasteiger partial charge in [-0.05, 0) is 35.4 Å². The number of benzene rings is 1. The average Bonchev–Trinajstić information content (AvgIpc) is 2.36. The van der Waals surface area contributed by atoms with Gasteiger partial charge in [-0.3, -0.25) is 0 Å². The zero-order valence-corrected chi connectivity index (χ0v) is 13.2. The summed E-state index contributed by atoms with van der Waals surface area (Å²) < 4.78 is 1.17. The minimum Gasteiger partial charge on any atom is -0.0654 e. The van der Waals surface area contributed by atoms with E-state index in [1.54, 1.807) is 0 Å². The van der Waals surface area contributed by atoms with Crippen LogP contribution in [0, 0.1) is 5.41 Å². The normalized spacial score (nSPS) is 16.5.